The quantitative estimate of drug-likeness (QED) is 0.638. The van der Waals surface area contributed by atoms with Crippen molar-refractivity contribution in [2.24, 2.45) is 0 Å². The normalized spacial score (nSPS) is 10.5. The lowest BCUT2D eigenvalue weighted by Crippen LogP contribution is -2.28. The highest BCUT2D eigenvalue weighted by molar-refractivity contribution is 5.86. The van der Waals surface area contributed by atoms with Gasteiger partial charge in [-0.3, -0.25) is 4.79 Å². The van der Waals surface area contributed by atoms with Crippen LogP contribution < -0.4 is 5.32 Å². The number of carbonyl (C=O) groups is 2. The Hall–Kier alpha value is -2.14. The van der Waals surface area contributed by atoms with Gasteiger partial charge in [-0.2, -0.15) is 0 Å². The number of aliphatic hydroxyl groups excluding tert-OH is 1. The fourth-order valence-corrected chi connectivity index (χ4v) is 1.45. The average Bonchev–Trinajstić information content (AvgIpc) is 2.35. The van der Waals surface area contributed by atoms with Crippen LogP contribution in [-0.2, 0) is 16.0 Å². The first kappa shape index (κ1) is 13.9. The van der Waals surface area contributed by atoms with Crippen molar-refractivity contribution in [1.82, 2.24) is 5.32 Å². The zero-order chi connectivity index (χ0) is 13.4. The minimum Gasteiger partial charge on any atom is -0.478 e. The second kappa shape index (κ2) is 7.24. The van der Waals surface area contributed by atoms with E-state index in [9.17, 15) is 9.59 Å². The van der Waals surface area contributed by atoms with Crippen LogP contribution in [-0.4, -0.2) is 35.2 Å². The number of carboxylic acid groups (broad SMARTS) is 1. The van der Waals surface area contributed by atoms with E-state index in [0.29, 0.717) is 5.56 Å². The van der Waals surface area contributed by atoms with Gasteiger partial charge in [0.05, 0.1) is 13.0 Å². The highest BCUT2D eigenvalue weighted by atomic mass is 16.4. The maximum Gasteiger partial charge on any atom is 0.328 e. The number of aliphatic hydroxyl groups is 1. The van der Waals surface area contributed by atoms with Crippen molar-refractivity contribution < 1.29 is 19.8 Å². The molecule has 0 aromatic heterocycles. The molecular weight excluding hydrogens is 234 g/mol. The summed E-state index contributed by atoms with van der Waals surface area (Å²) >= 11 is 0. The minimum absolute atomic E-state index is 0.105. The summed E-state index contributed by atoms with van der Waals surface area (Å²) < 4.78 is 0. The van der Waals surface area contributed by atoms with Crippen molar-refractivity contribution in [1.29, 1.82) is 0 Å². The number of carboxylic acids is 1. The summed E-state index contributed by atoms with van der Waals surface area (Å²) in [5.74, 6) is -1.24. The van der Waals surface area contributed by atoms with E-state index in [-0.39, 0.29) is 25.5 Å². The van der Waals surface area contributed by atoms with E-state index < -0.39 is 5.97 Å². The maximum atomic E-state index is 11.5. The third kappa shape index (κ3) is 4.80. The largest absolute Gasteiger partial charge is 0.478 e. The number of amides is 1. The van der Waals surface area contributed by atoms with E-state index >= 15 is 0 Å². The summed E-state index contributed by atoms with van der Waals surface area (Å²) in [4.78, 5) is 22.0. The number of hydrogen-bond donors (Lipinski definition) is 3. The Kier molecular flexibility index (Phi) is 5.60. The topological polar surface area (TPSA) is 86.6 Å². The van der Waals surface area contributed by atoms with Crippen LogP contribution in [0.25, 0.3) is 6.08 Å². The van der Waals surface area contributed by atoms with Crippen LogP contribution in [0, 0.1) is 0 Å². The van der Waals surface area contributed by atoms with Gasteiger partial charge in [-0.1, -0.05) is 24.3 Å². The molecule has 96 valence electrons. The molecule has 0 radical (unpaired) electrons. The number of nitrogens with one attached hydrogen (secondary N) is 1. The lowest BCUT2D eigenvalue weighted by molar-refractivity contribution is -0.131. The summed E-state index contributed by atoms with van der Waals surface area (Å²) in [5.41, 5.74) is 1.43. The lowest BCUT2D eigenvalue weighted by Gasteiger charge is -2.06. The molecule has 0 heterocycles. The fourth-order valence-electron chi connectivity index (χ4n) is 1.45. The molecule has 0 atom stereocenters. The molecule has 0 saturated heterocycles. The monoisotopic (exact) mass is 249 g/mol. The predicted molar refractivity (Wildman–Crippen MR) is 66.9 cm³/mol. The molecule has 1 rings (SSSR count). The van der Waals surface area contributed by atoms with Gasteiger partial charge in [0.2, 0.25) is 5.91 Å². The summed E-state index contributed by atoms with van der Waals surface area (Å²) in [6.07, 6.45) is 2.64. The summed E-state index contributed by atoms with van der Waals surface area (Å²) in [6, 6.07) is 7.07. The Morgan fingerprint density at radius 1 is 1.28 bits per heavy atom. The molecule has 1 aromatic carbocycles. The van der Waals surface area contributed by atoms with Gasteiger partial charge in [0, 0.05) is 12.6 Å². The second-order valence-electron chi connectivity index (χ2n) is 3.62. The van der Waals surface area contributed by atoms with E-state index in [2.05, 4.69) is 5.32 Å². The molecule has 18 heavy (non-hydrogen) atoms. The molecule has 3 N–H and O–H groups in total. The number of carbonyl (C=O) groups excluding carboxylic acids is 1. The molecule has 0 bridgehead atoms. The van der Waals surface area contributed by atoms with Crippen molar-refractivity contribution in [3.8, 4) is 0 Å². The lowest BCUT2D eigenvalue weighted by atomic mass is 10.0. The number of hydrogen-bond acceptors (Lipinski definition) is 3. The zero-order valence-electron chi connectivity index (χ0n) is 9.80. The zero-order valence-corrected chi connectivity index (χ0v) is 9.80. The van der Waals surface area contributed by atoms with Crippen molar-refractivity contribution in [3.63, 3.8) is 0 Å². The first-order valence-corrected chi connectivity index (χ1v) is 5.50. The second-order valence-corrected chi connectivity index (χ2v) is 3.62. The standard InChI is InChI=1S/C13H15NO4/c15-8-7-14-12(16)9-11-4-2-1-3-10(11)5-6-13(17)18/h1-6,15H,7-9H2,(H,14,16)(H,17,18)/b6-5+. The molecule has 0 fully saturated rings. The summed E-state index contributed by atoms with van der Waals surface area (Å²) in [5, 5.41) is 19.7. The van der Waals surface area contributed by atoms with Crippen LogP contribution >= 0.6 is 0 Å². The van der Waals surface area contributed by atoms with Gasteiger partial charge >= 0.3 is 5.97 Å². The molecule has 0 unspecified atom stereocenters. The molecule has 0 aliphatic heterocycles. The van der Waals surface area contributed by atoms with Crippen molar-refractivity contribution in [3.05, 3.63) is 41.5 Å². The Balaban J connectivity index is 2.76. The first-order chi connectivity index (χ1) is 8.63. The molecule has 0 aliphatic rings. The molecule has 5 nitrogen and oxygen atoms in total. The van der Waals surface area contributed by atoms with Crippen LogP contribution in [0.5, 0.6) is 0 Å². The van der Waals surface area contributed by atoms with E-state index in [1.54, 1.807) is 24.3 Å². The molecule has 5 heteroatoms. The number of benzene rings is 1. The maximum absolute atomic E-state index is 11.5. The van der Waals surface area contributed by atoms with Crippen molar-refractivity contribution >= 4 is 18.0 Å². The van der Waals surface area contributed by atoms with Gasteiger partial charge in [-0.15, -0.1) is 0 Å². The predicted octanol–water partition coefficient (Wildman–Crippen LogP) is 0.435. The molecule has 0 spiro atoms. The van der Waals surface area contributed by atoms with Crippen LogP contribution in [0.2, 0.25) is 0 Å². The van der Waals surface area contributed by atoms with Gasteiger partial charge < -0.3 is 15.5 Å². The van der Waals surface area contributed by atoms with Crippen molar-refractivity contribution in [2.45, 2.75) is 6.42 Å². The van der Waals surface area contributed by atoms with Gasteiger partial charge in [0.25, 0.3) is 0 Å². The van der Waals surface area contributed by atoms with Gasteiger partial charge in [0.1, 0.15) is 0 Å². The Morgan fingerprint density at radius 3 is 2.67 bits per heavy atom. The average molecular weight is 249 g/mol. The highest BCUT2D eigenvalue weighted by Gasteiger charge is 2.05. The van der Waals surface area contributed by atoms with E-state index in [0.717, 1.165) is 11.6 Å². The Bertz CT molecular complexity index is 454. The molecular formula is C13H15NO4. The molecule has 1 amide bonds. The molecule has 0 aliphatic carbocycles. The van der Waals surface area contributed by atoms with Crippen molar-refractivity contribution in [2.75, 3.05) is 13.2 Å². The van der Waals surface area contributed by atoms with E-state index in [1.807, 2.05) is 0 Å². The molecule has 1 aromatic rings. The minimum atomic E-state index is -1.03. The fraction of sp³-hybridized carbons (Fsp3) is 0.231. The Morgan fingerprint density at radius 2 is 2.00 bits per heavy atom. The van der Waals surface area contributed by atoms with Crippen LogP contribution in [0.4, 0.5) is 0 Å². The van der Waals surface area contributed by atoms with Crippen LogP contribution in [0.15, 0.2) is 30.3 Å². The Labute approximate surface area is 105 Å². The third-order valence-electron chi connectivity index (χ3n) is 2.25. The van der Waals surface area contributed by atoms with E-state index in [1.165, 1.54) is 6.08 Å². The van der Waals surface area contributed by atoms with Gasteiger partial charge in [-0.05, 0) is 17.2 Å². The smallest absolute Gasteiger partial charge is 0.328 e. The highest BCUT2D eigenvalue weighted by Crippen LogP contribution is 2.11. The molecule has 0 saturated carbocycles. The number of rotatable bonds is 6. The van der Waals surface area contributed by atoms with Gasteiger partial charge in [-0.25, -0.2) is 4.79 Å². The van der Waals surface area contributed by atoms with Gasteiger partial charge in [0.15, 0.2) is 0 Å². The summed E-state index contributed by atoms with van der Waals surface area (Å²) in [6.45, 7) is 0.109. The van der Waals surface area contributed by atoms with E-state index in [4.69, 9.17) is 10.2 Å². The number of aliphatic carboxylic acids is 1. The third-order valence-corrected chi connectivity index (χ3v) is 2.25. The van der Waals surface area contributed by atoms with Crippen LogP contribution in [0.1, 0.15) is 11.1 Å². The SMILES string of the molecule is O=C(O)/C=C/c1ccccc1CC(=O)NCCO. The van der Waals surface area contributed by atoms with Crippen LogP contribution in [0.3, 0.4) is 0 Å². The summed E-state index contributed by atoms with van der Waals surface area (Å²) in [7, 11) is 0. The first-order valence-electron chi connectivity index (χ1n) is 5.50.